The minimum atomic E-state index is -4.72. The predicted octanol–water partition coefficient (Wildman–Crippen LogP) is 10.6. The number of pyridine rings is 4. The van der Waals surface area contributed by atoms with Crippen LogP contribution in [0.2, 0.25) is 0 Å². The van der Waals surface area contributed by atoms with E-state index in [2.05, 4.69) is 15.1 Å². The van der Waals surface area contributed by atoms with Gasteiger partial charge in [0, 0.05) is 70.6 Å². The lowest BCUT2D eigenvalue weighted by Crippen LogP contribution is -2.37. The quantitative estimate of drug-likeness (QED) is 0.169. The molecule has 1 aliphatic carbocycles. The van der Waals surface area contributed by atoms with E-state index < -0.39 is 23.2 Å². The summed E-state index contributed by atoms with van der Waals surface area (Å²) < 4.78 is 60.5. The molecular weight excluding hydrogens is 701 g/mol. The van der Waals surface area contributed by atoms with Crippen molar-refractivity contribution >= 4 is 12.2 Å². The van der Waals surface area contributed by atoms with Gasteiger partial charge in [-0.15, -0.1) is 0 Å². The Kier molecular flexibility index (Phi) is 7.25. The number of aromatic nitrogens is 6. The molecule has 0 unspecified atom stereocenters. The number of halogens is 4. The van der Waals surface area contributed by atoms with E-state index in [1.165, 1.54) is 16.8 Å². The van der Waals surface area contributed by atoms with Crippen molar-refractivity contribution < 1.29 is 17.6 Å². The number of nitrogens with zero attached hydrogens (tertiary/aromatic N) is 6. The summed E-state index contributed by atoms with van der Waals surface area (Å²) in [6, 6.07) is 32.3. The molecule has 1 aliphatic heterocycles. The molecule has 0 amide bonds. The number of rotatable bonds is 4. The van der Waals surface area contributed by atoms with Crippen molar-refractivity contribution in [3.63, 3.8) is 0 Å². The Morgan fingerprint density at radius 1 is 0.527 bits per heavy atom. The highest BCUT2D eigenvalue weighted by molar-refractivity contribution is 5.87. The van der Waals surface area contributed by atoms with Gasteiger partial charge in [-0.05, 0) is 106 Å². The maximum Gasteiger partial charge on any atom is 0.435 e. The zero-order valence-electron chi connectivity index (χ0n) is 28.7. The van der Waals surface area contributed by atoms with Crippen LogP contribution in [0.1, 0.15) is 33.5 Å². The Hall–Kier alpha value is -7.07. The van der Waals surface area contributed by atoms with Crippen LogP contribution < -0.4 is 0 Å². The second-order valence-electron chi connectivity index (χ2n) is 13.5. The monoisotopic (exact) mass is 726 g/mol. The molecule has 0 N–H and O–H groups in total. The van der Waals surface area contributed by atoms with E-state index in [4.69, 9.17) is 9.97 Å². The molecule has 0 saturated heterocycles. The summed E-state index contributed by atoms with van der Waals surface area (Å²) >= 11 is 0. The first-order valence-corrected chi connectivity index (χ1v) is 17.5. The van der Waals surface area contributed by atoms with Crippen molar-refractivity contribution in [3.8, 4) is 56.0 Å². The number of benzene rings is 3. The van der Waals surface area contributed by atoms with Gasteiger partial charge in [-0.3, -0.25) is 19.9 Å². The molecule has 0 bridgehead atoms. The summed E-state index contributed by atoms with van der Waals surface area (Å²) in [5.41, 5.74) is 7.78. The van der Waals surface area contributed by atoms with Gasteiger partial charge < -0.3 is 0 Å². The van der Waals surface area contributed by atoms with Crippen LogP contribution in [0.4, 0.5) is 17.6 Å². The van der Waals surface area contributed by atoms with Crippen LogP contribution in [0, 0.1) is 5.82 Å². The van der Waals surface area contributed by atoms with Gasteiger partial charge in [0.2, 0.25) is 0 Å². The number of fused-ring (bicyclic) bond motifs is 9. The van der Waals surface area contributed by atoms with Gasteiger partial charge in [0.1, 0.15) is 11.4 Å². The van der Waals surface area contributed by atoms with Crippen molar-refractivity contribution in [2.45, 2.75) is 11.7 Å². The normalized spacial score (nSPS) is 13.5. The first-order chi connectivity index (χ1) is 26.8. The van der Waals surface area contributed by atoms with Gasteiger partial charge in [-0.25, -0.2) is 9.07 Å². The maximum absolute atomic E-state index is 15.5. The SMILES string of the molecule is Fc1ccc2c(c1)C1(c3cc(-c4ccc(-c5cccnc5)nc4)ccc3C=Cc3ccc(-c4ccc(-c5cccnc5)nc4)cc31)n1nc(C(F)(F)F)cc1-2. The minimum Gasteiger partial charge on any atom is -0.264 e. The van der Waals surface area contributed by atoms with Gasteiger partial charge in [0.05, 0.1) is 17.1 Å². The van der Waals surface area contributed by atoms with Gasteiger partial charge in [-0.2, -0.15) is 18.3 Å². The Bertz CT molecular complexity index is 2660. The second-order valence-corrected chi connectivity index (χ2v) is 13.5. The van der Waals surface area contributed by atoms with E-state index in [0.29, 0.717) is 22.3 Å². The van der Waals surface area contributed by atoms with Gasteiger partial charge in [-0.1, -0.05) is 48.6 Å². The van der Waals surface area contributed by atoms with E-state index in [-0.39, 0.29) is 5.69 Å². The standard InChI is InChI=1S/C45H26F4N6/c46-35-13-14-36-39(21-35)44(55-42(36)22-43(54-55)45(47,48)49)37-19-29(31-11-15-40(52-25-31)33-3-1-17-50-23-33)9-7-27(37)5-6-28-8-10-30(20-38(28)44)32-12-16-41(53-26-32)34-4-2-18-51-24-34/h1-26H. The lowest BCUT2D eigenvalue weighted by Gasteiger charge is -2.35. The number of hydrogen-bond acceptors (Lipinski definition) is 5. The van der Waals surface area contributed by atoms with Crippen molar-refractivity contribution in [1.82, 2.24) is 29.7 Å². The largest absolute Gasteiger partial charge is 0.435 e. The third-order valence-electron chi connectivity index (χ3n) is 10.4. The summed E-state index contributed by atoms with van der Waals surface area (Å²) in [6.07, 6.45) is 9.59. The zero-order chi connectivity index (χ0) is 37.3. The van der Waals surface area contributed by atoms with Gasteiger partial charge >= 0.3 is 6.18 Å². The minimum absolute atomic E-state index is 0.238. The summed E-state index contributed by atoms with van der Waals surface area (Å²) in [4.78, 5) is 17.8. The van der Waals surface area contributed by atoms with Gasteiger partial charge in [0.25, 0.3) is 0 Å². The van der Waals surface area contributed by atoms with Crippen molar-refractivity contribution in [3.05, 3.63) is 186 Å². The molecule has 8 aromatic rings. The average Bonchev–Trinajstić information content (AvgIpc) is 3.74. The fourth-order valence-electron chi connectivity index (χ4n) is 7.85. The van der Waals surface area contributed by atoms with Crippen molar-refractivity contribution in [1.29, 1.82) is 0 Å². The topological polar surface area (TPSA) is 69.4 Å². The highest BCUT2D eigenvalue weighted by Gasteiger charge is 2.52. The predicted molar refractivity (Wildman–Crippen MR) is 203 cm³/mol. The molecule has 2 aliphatic rings. The van der Waals surface area contributed by atoms with E-state index in [9.17, 15) is 13.2 Å². The van der Waals surface area contributed by atoms with Crippen LogP contribution in [-0.2, 0) is 11.7 Å². The fourth-order valence-corrected chi connectivity index (χ4v) is 7.85. The van der Waals surface area contributed by atoms with Crippen molar-refractivity contribution in [2.75, 3.05) is 0 Å². The lowest BCUT2D eigenvalue weighted by atomic mass is 9.74. The highest BCUT2D eigenvalue weighted by atomic mass is 19.4. The number of hydrogen-bond donors (Lipinski definition) is 0. The summed E-state index contributed by atoms with van der Waals surface area (Å²) in [5.74, 6) is -0.516. The van der Waals surface area contributed by atoms with Crippen LogP contribution in [0.25, 0.3) is 68.2 Å². The average molecular weight is 727 g/mol. The molecule has 10 rings (SSSR count). The molecule has 6 nitrogen and oxygen atoms in total. The molecule has 3 aromatic carbocycles. The van der Waals surface area contributed by atoms with Gasteiger partial charge in [0.15, 0.2) is 5.69 Å². The van der Waals surface area contributed by atoms with Crippen LogP contribution in [0.15, 0.2) is 146 Å². The van der Waals surface area contributed by atoms with E-state index >= 15 is 4.39 Å². The molecule has 0 radical (unpaired) electrons. The number of alkyl halides is 3. The Labute approximate surface area is 312 Å². The summed E-state index contributed by atoms with van der Waals surface area (Å²) in [5, 5.41) is 4.32. The third kappa shape index (κ3) is 5.20. The highest BCUT2D eigenvalue weighted by Crippen LogP contribution is 2.56. The maximum atomic E-state index is 15.5. The molecule has 6 heterocycles. The van der Waals surface area contributed by atoms with Crippen LogP contribution >= 0.6 is 0 Å². The molecule has 10 heteroatoms. The van der Waals surface area contributed by atoms with E-state index in [0.717, 1.165) is 62.0 Å². The second kappa shape index (κ2) is 12.2. The third-order valence-corrected chi connectivity index (χ3v) is 10.4. The molecule has 0 saturated carbocycles. The fraction of sp³-hybridized carbons (Fsp3) is 0.0444. The zero-order valence-corrected chi connectivity index (χ0v) is 28.7. The lowest BCUT2D eigenvalue weighted by molar-refractivity contribution is -0.141. The molecule has 5 aromatic heterocycles. The Morgan fingerprint density at radius 3 is 1.58 bits per heavy atom. The Balaban J connectivity index is 1.22. The summed E-state index contributed by atoms with van der Waals surface area (Å²) in [7, 11) is 0. The molecule has 264 valence electrons. The van der Waals surface area contributed by atoms with E-state index in [1.54, 1.807) is 43.2 Å². The molecule has 0 atom stereocenters. The van der Waals surface area contributed by atoms with Crippen LogP contribution in [-0.4, -0.2) is 29.7 Å². The molecule has 0 fully saturated rings. The molecule has 55 heavy (non-hydrogen) atoms. The van der Waals surface area contributed by atoms with Crippen molar-refractivity contribution in [2.24, 2.45) is 0 Å². The molecule has 1 spiro atoms. The Morgan fingerprint density at radius 2 is 1.09 bits per heavy atom. The first kappa shape index (κ1) is 32.6. The first-order valence-electron chi connectivity index (χ1n) is 17.5. The smallest absolute Gasteiger partial charge is 0.264 e. The molecular formula is C45H26F4N6. The van der Waals surface area contributed by atoms with E-state index in [1.807, 2.05) is 97.1 Å². The van der Waals surface area contributed by atoms with Crippen LogP contribution in [0.5, 0.6) is 0 Å². The van der Waals surface area contributed by atoms with Crippen LogP contribution in [0.3, 0.4) is 0 Å². The summed E-state index contributed by atoms with van der Waals surface area (Å²) in [6.45, 7) is 0.